The number of amides is 1. The molecule has 0 atom stereocenters. The number of carbonyl (C=O) groups excluding carboxylic acids is 1. The summed E-state index contributed by atoms with van der Waals surface area (Å²) in [6, 6.07) is 16.4. The van der Waals surface area contributed by atoms with Gasteiger partial charge >= 0.3 is 5.97 Å². The highest BCUT2D eigenvalue weighted by Crippen LogP contribution is 2.22. The number of hydrazine groups is 1. The van der Waals surface area contributed by atoms with Gasteiger partial charge in [-0.05, 0) is 72.6 Å². The molecule has 3 rings (SSSR count). The Balaban J connectivity index is 1.57. The second kappa shape index (κ2) is 9.82. The van der Waals surface area contributed by atoms with Crippen LogP contribution in [0.25, 0.3) is 0 Å². The van der Waals surface area contributed by atoms with Crippen LogP contribution >= 0.6 is 11.6 Å². The Morgan fingerprint density at radius 1 is 0.969 bits per heavy atom. The molecule has 0 heterocycles. The van der Waals surface area contributed by atoms with E-state index in [-0.39, 0.29) is 22.6 Å². The van der Waals surface area contributed by atoms with Gasteiger partial charge in [0, 0.05) is 10.6 Å². The molecule has 10 heteroatoms. The first-order chi connectivity index (χ1) is 15.2. The third kappa shape index (κ3) is 5.85. The second-order valence-corrected chi connectivity index (χ2v) is 8.88. The number of hydrogen-bond donors (Lipinski definition) is 3. The van der Waals surface area contributed by atoms with Crippen LogP contribution in [0, 0.1) is 6.92 Å². The van der Waals surface area contributed by atoms with Crippen LogP contribution in [0.5, 0.6) is 5.75 Å². The average molecular weight is 475 g/mol. The molecule has 0 aliphatic carbocycles. The monoisotopic (exact) mass is 474 g/mol. The van der Waals surface area contributed by atoms with E-state index in [1.54, 1.807) is 24.3 Å². The fraction of sp³-hybridized carbons (Fsp3) is 0.0909. The number of benzene rings is 3. The largest absolute Gasteiger partial charge is 0.489 e. The molecule has 0 radical (unpaired) electrons. The predicted octanol–water partition coefficient (Wildman–Crippen LogP) is 3.55. The summed E-state index contributed by atoms with van der Waals surface area (Å²) in [5.41, 5.74) is 4.02. The minimum Gasteiger partial charge on any atom is -0.489 e. The summed E-state index contributed by atoms with van der Waals surface area (Å²) >= 11 is 5.99. The first-order valence-electron chi connectivity index (χ1n) is 9.29. The number of carboxylic acid groups (broad SMARTS) is 1. The summed E-state index contributed by atoms with van der Waals surface area (Å²) in [5, 5.41) is 9.53. The third-order valence-electron chi connectivity index (χ3n) is 4.46. The maximum Gasteiger partial charge on any atom is 0.335 e. The van der Waals surface area contributed by atoms with Crippen molar-refractivity contribution < 1.29 is 27.9 Å². The normalized spacial score (nSPS) is 11.1. The van der Waals surface area contributed by atoms with Gasteiger partial charge in [0.2, 0.25) is 0 Å². The lowest BCUT2D eigenvalue weighted by Gasteiger charge is -2.10. The highest BCUT2D eigenvalue weighted by atomic mass is 35.5. The molecule has 8 nitrogen and oxygen atoms in total. The zero-order valence-electron chi connectivity index (χ0n) is 16.8. The van der Waals surface area contributed by atoms with E-state index in [9.17, 15) is 18.0 Å². The van der Waals surface area contributed by atoms with E-state index in [4.69, 9.17) is 21.4 Å². The van der Waals surface area contributed by atoms with Gasteiger partial charge in [-0.15, -0.1) is 4.83 Å². The van der Waals surface area contributed by atoms with Gasteiger partial charge in [0.25, 0.3) is 15.9 Å². The van der Waals surface area contributed by atoms with Crippen molar-refractivity contribution in [2.45, 2.75) is 18.4 Å². The lowest BCUT2D eigenvalue weighted by molar-refractivity contribution is 0.0696. The van der Waals surface area contributed by atoms with E-state index < -0.39 is 21.9 Å². The van der Waals surface area contributed by atoms with E-state index in [1.165, 1.54) is 12.1 Å². The molecular weight excluding hydrogens is 456 g/mol. The first-order valence-corrected chi connectivity index (χ1v) is 11.2. The van der Waals surface area contributed by atoms with Crippen LogP contribution in [0.1, 0.15) is 31.8 Å². The molecule has 0 spiro atoms. The molecule has 0 bridgehead atoms. The average Bonchev–Trinajstić information content (AvgIpc) is 2.78. The fourth-order valence-electron chi connectivity index (χ4n) is 2.65. The number of carboxylic acids is 1. The summed E-state index contributed by atoms with van der Waals surface area (Å²) in [6.45, 7) is 2.16. The molecule has 3 aromatic carbocycles. The van der Waals surface area contributed by atoms with Gasteiger partial charge in [-0.2, -0.15) is 0 Å². The lowest BCUT2D eigenvalue weighted by atomic mass is 10.1. The molecule has 3 N–H and O–H groups in total. The number of nitrogens with one attached hydrogen (secondary N) is 2. The molecule has 3 aromatic rings. The summed E-state index contributed by atoms with van der Waals surface area (Å²) in [7, 11) is -4.06. The lowest BCUT2D eigenvalue weighted by Crippen LogP contribution is -2.41. The van der Waals surface area contributed by atoms with Gasteiger partial charge in [0.1, 0.15) is 12.4 Å². The molecule has 1 amide bonds. The van der Waals surface area contributed by atoms with Crippen LogP contribution in [-0.4, -0.2) is 25.4 Å². The number of aromatic carboxylic acids is 1. The molecule has 0 fully saturated rings. The van der Waals surface area contributed by atoms with Crippen LogP contribution in [0.4, 0.5) is 0 Å². The second-order valence-electron chi connectivity index (χ2n) is 6.79. The minimum absolute atomic E-state index is 0.0525. The van der Waals surface area contributed by atoms with Crippen molar-refractivity contribution in [3.63, 3.8) is 0 Å². The summed E-state index contributed by atoms with van der Waals surface area (Å²) in [6.07, 6.45) is 0. The molecule has 0 saturated carbocycles. The molecule has 0 aliphatic heterocycles. The van der Waals surface area contributed by atoms with E-state index in [2.05, 4.69) is 5.43 Å². The summed E-state index contributed by atoms with van der Waals surface area (Å²) in [4.78, 5) is 24.9. The topological polar surface area (TPSA) is 122 Å². The van der Waals surface area contributed by atoms with Gasteiger partial charge in [-0.1, -0.05) is 23.7 Å². The van der Waals surface area contributed by atoms with Crippen molar-refractivity contribution >= 4 is 33.5 Å². The zero-order chi connectivity index (χ0) is 23.3. The van der Waals surface area contributed by atoms with Gasteiger partial charge in [0.15, 0.2) is 0 Å². The Kier molecular flexibility index (Phi) is 7.14. The number of ether oxygens (including phenoxy) is 1. The van der Waals surface area contributed by atoms with Crippen LogP contribution in [-0.2, 0) is 16.6 Å². The quantitative estimate of drug-likeness (QED) is 0.429. The predicted molar refractivity (Wildman–Crippen MR) is 118 cm³/mol. The van der Waals surface area contributed by atoms with E-state index >= 15 is 0 Å². The van der Waals surface area contributed by atoms with Crippen molar-refractivity contribution in [1.29, 1.82) is 0 Å². The van der Waals surface area contributed by atoms with Crippen LogP contribution in [0.3, 0.4) is 0 Å². The molecule has 0 unspecified atom stereocenters. The highest BCUT2D eigenvalue weighted by Gasteiger charge is 2.16. The number of rotatable bonds is 8. The van der Waals surface area contributed by atoms with Gasteiger partial charge < -0.3 is 9.84 Å². The maximum atomic E-state index is 12.3. The van der Waals surface area contributed by atoms with E-state index in [1.807, 2.05) is 17.8 Å². The van der Waals surface area contributed by atoms with Crippen LogP contribution in [0.2, 0.25) is 5.02 Å². The number of sulfonamides is 1. The van der Waals surface area contributed by atoms with Crippen molar-refractivity contribution in [3.8, 4) is 5.75 Å². The van der Waals surface area contributed by atoms with Crippen molar-refractivity contribution in [2.24, 2.45) is 0 Å². The molecular formula is C22H19ClN2O6S. The van der Waals surface area contributed by atoms with E-state index in [0.717, 1.165) is 35.4 Å². The number of aryl methyl sites for hydroxylation is 1. The molecule has 32 heavy (non-hydrogen) atoms. The van der Waals surface area contributed by atoms with Gasteiger partial charge in [0.05, 0.1) is 10.5 Å². The standard InChI is InChI=1S/C22H19ClN2O6S/c1-14-12-18(8-11-20(14)23)31-13-15-2-4-16(5-3-15)21(26)24-25-32(29,30)19-9-6-17(7-10-19)22(27)28/h2-12,25H,13H2,1H3,(H,24,26)(H,27,28). The molecule has 0 saturated heterocycles. The van der Waals surface area contributed by atoms with Gasteiger partial charge in [-0.25, -0.2) is 13.2 Å². The molecule has 0 aliphatic rings. The van der Waals surface area contributed by atoms with E-state index in [0.29, 0.717) is 10.8 Å². The van der Waals surface area contributed by atoms with Gasteiger partial charge in [-0.3, -0.25) is 10.2 Å². The van der Waals surface area contributed by atoms with Crippen molar-refractivity contribution in [2.75, 3.05) is 0 Å². The Labute approximate surface area is 189 Å². The van der Waals surface area contributed by atoms with Crippen LogP contribution in [0.15, 0.2) is 71.6 Å². The first kappa shape index (κ1) is 23.3. The zero-order valence-corrected chi connectivity index (χ0v) is 18.4. The summed E-state index contributed by atoms with van der Waals surface area (Å²) in [5.74, 6) is -1.16. The number of halogens is 1. The molecule has 0 aromatic heterocycles. The van der Waals surface area contributed by atoms with Crippen LogP contribution < -0.4 is 15.0 Å². The Bertz CT molecular complexity index is 1240. The molecule has 166 valence electrons. The van der Waals surface area contributed by atoms with Crippen molar-refractivity contribution in [1.82, 2.24) is 10.3 Å². The minimum atomic E-state index is -4.06. The smallest absolute Gasteiger partial charge is 0.335 e. The summed E-state index contributed by atoms with van der Waals surface area (Å²) < 4.78 is 30.2. The Morgan fingerprint density at radius 3 is 2.19 bits per heavy atom. The number of carbonyl (C=O) groups is 2. The Hall–Kier alpha value is -3.40. The maximum absolute atomic E-state index is 12.3. The Morgan fingerprint density at radius 2 is 1.59 bits per heavy atom. The SMILES string of the molecule is Cc1cc(OCc2ccc(C(=O)NNS(=O)(=O)c3ccc(C(=O)O)cc3)cc2)ccc1Cl. The van der Waals surface area contributed by atoms with Crippen molar-refractivity contribution in [3.05, 3.63) is 94.0 Å². The highest BCUT2D eigenvalue weighted by molar-refractivity contribution is 7.89. The fourth-order valence-corrected chi connectivity index (χ4v) is 3.60. The third-order valence-corrected chi connectivity index (χ3v) is 6.15. The number of hydrogen-bond acceptors (Lipinski definition) is 5.